The Balaban J connectivity index is 0.00000128. The Kier molecular flexibility index (Phi) is 5.94. The number of hydrogen-bond donors (Lipinski definition) is 0. The number of esters is 1. The molecule has 1 aliphatic rings. The van der Waals surface area contributed by atoms with Crippen LogP contribution in [0, 0.1) is 7.43 Å². The second-order valence-electron chi connectivity index (χ2n) is 3.05. The van der Waals surface area contributed by atoms with Crippen molar-refractivity contribution in [2.24, 2.45) is 0 Å². The van der Waals surface area contributed by atoms with Gasteiger partial charge in [0.05, 0.1) is 5.56 Å². The Labute approximate surface area is 126 Å². The van der Waals surface area contributed by atoms with Crippen molar-refractivity contribution in [3.63, 3.8) is 0 Å². The molecule has 1 aromatic rings. The van der Waals surface area contributed by atoms with Crippen LogP contribution in [-0.2, 0) is 54.1 Å². The third-order valence-electron chi connectivity index (χ3n) is 2.20. The average Bonchev–Trinajstić information content (AvgIpc) is 2.60. The largest absolute Gasteiger partial charge is 0.547 e. The van der Waals surface area contributed by atoms with E-state index in [1.165, 1.54) is 19.2 Å². The summed E-state index contributed by atoms with van der Waals surface area (Å²) in [6, 6.07) is 4.29. The van der Waals surface area contributed by atoms with Gasteiger partial charge in [-0.05, 0) is 12.1 Å². The van der Waals surface area contributed by atoms with E-state index in [1.807, 2.05) is 0 Å². The molecular formula is C10H11NO4SY-2. The van der Waals surface area contributed by atoms with Gasteiger partial charge in [-0.2, -0.15) is 7.05 Å². The monoisotopic (exact) mass is 330 g/mol. The normalized spacial score (nSPS) is 13.1. The van der Waals surface area contributed by atoms with Crippen LogP contribution in [0.25, 0.3) is 4.72 Å². The zero-order valence-electron chi connectivity index (χ0n) is 9.50. The smallest absolute Gasteiger partial charge is 0.338 e. The van der Waals surface area contributed by atoms with Crippen molar-refractivity contribution in [3.05, 3.63) is 41.5 Å². The Morgan fingerprint density at radius 2 is 2.00 bits per heavy atom. The van der Waals surface area contributed by atoms with Crippen molar-refractivity contribution < 1.29 is 50.7 Å². The van der Waals surface area contributed by atoms with Crippen LogP contribution >= 0.6 is 0 Å². The summed E-state index contributed by atoms with van der Waals surface area (Å²) in [5.41, 5.74) is 1.01. The molecule has 91 valence electrons. The van der Waals surface area contributed by atoms with Crippen molar-refractivity contribution in [2.75, 3.05) is 7.05 Å². The summed E-state index contributed by atoms with van der Waals surface area (Å²) in [6.45, 7) is 0.206. The minimum absolute atomic E-state index is 0. The SMILES string of the molecule is C[N-]S(=O)(=O)c1ccc2c(c1)C(=O)OC2.[CH3-].[Y]. The van der Waals surface area contributed by atoms with Crippen LogP contribution in [0.1, 0.15) is 15.9 Å². The van der Waals surface area contributed by atoms with Gasteiger partial charge in [-0.3, -0.25) is 0 Å². The fourth-order valence-electron chi connectivity index (χ4n) is 1.36. The van der Waals surface area contributed by atoms with Gasteiger partial charge in [0.1, 0.15) is 16.6 Å². The number of cyclic esters (lactones) is 1. The Morgan fingerprint density at radius 1 is 1.35 bits per heavy atom. The van der Waals surface area contributed by atoms with Crippen LogP contribution in [0.15, 0.2) is 23.1 Å². The maximum absolute atomic E-state index is 11.4. The molecule has 0 unspecified atom stereocenters. The van der Waals surface area contributed by atoms with E-state index >= 15 is 0 Å². The van der Waals surface area contributed by atoms with E-state index in [-0.39, 0.29) is 51.6 Å². The molecule has 1 aliphatic heterocycles. The molecule has 0 saturated carbocycles. The van der Waals surface area contributed by atoms with Crippen LogP contribution in [0.2, 0.25) is 0 Å². The molecule has 0 saturated heterocycles. The fourth-order valence-corrected chi connectivity index (χ4v) is 2.08. The number of rotatable bonds is 2. The maximum atomic E-state index is 11.4. The van der Waals surface area contributed by atoms with E-state index in [0.29, 0.717) is 11.1 Å². The molecule has 0 atom stereocenters. The van der Waals surface area contributed by atoms with Crippen LogP contribution in [0.4, 0.5) is 0 Å². The summed E-state index contributed by atoms with van der Waals surface area (Å²) in [5.74, 6) is -0.488. The van der Waals surface area contributed by atoms with Gasteiger partial charge in [-0.15, -0.1) is 0 Å². The van der Waals surface area contributed by atoms with Gasteiger partial charge in [0.15, 0.2) is 0 Å². The van der Waals surface area contributed by atoms with E-state index in [9.17, 15) is 13.2 Å². The van der Waals surface area contributed by atoms with E-state index in [0.717, 1.165) is 0 Å². The molecule has 1 heterocycles. The molecule has 0 amide bonds. The number of carbonyl (C=O) groups excluding carboxylic acids is 1. The fraction of sp³-hybridized carbons (Fsp3) is 0.200. The number of sulfonamides is 1. The minimum Gasteiger partial charge on any atom is -0.547 e. The van der Waals surface area contributed by atoms with Gasteiger partial charge in [-0.1, -0.05) is 6.07 Å². The second-order valence-corrected chi connectivity index (χ2v) is 4.84. The Bertz CT molecular complexity index is 527. The van der Waals surface area contributed by atoms with Gasteiger partial charge in [-0.25, -0.2) is 13.2 Å². The molecular weight excluding hydrogens is 319 g/mol. The first-order valence-electron chi connectivity index (χ1n) is 4.21. The van der Waals surface area contributed by atoms with Gasteiger partial charge >= 0.3 is 5.97 Å². The number of ether oxygens (including phenoxy) is 1. The molecule has 1 radical (unpaired) electrons. The quantitative estimate of drug-likeness (QED) is 0.608. The van der Waals surface area contributed by atoms with E-state index in [1.54, 1.807) is 6.07 Å². The summed E-state index contributed by atoms with van der Waals surface area (Å²) in [7, 11) is -2.43. The van der Waals surface area contributed by atoms with E-state index in [2.05, 4.69) is 4.72 Å². The van der Waals surface area contributed by atoms with Crippen molar-refractivity contribution in [1.29, 1.82) is 0 Å². The number of benzene rings is 1. The molecule has 2 rings (SSSR count). The van der Waals surface area contributed by atoms with Crippen LogP contribution in [-0.4, -0.2) is 21.4 Å². The third kappa shape index (κ3) is 3.13. The number of fused-ring (bicyclic) bond motifs is 1. The van der Waals surface area contributed by atoms with E-state index < -0.39 is 16.0 Å². The number of hydrogen-bond acceptors (Lipinski definition) is 4. The molecule has 17 heavy (non-hydrogen) atoms. The number of nitrogens with zero attached hydrogens (tertiary/aromatic N) is 1. The predicted molar refractivity (Wildman–Crippen MR) is 58.4 cm³/mol. The molecule has 1 aromatic carbocycles. The minimum atomic E-state index is -3.63. The standard InChI is InChI=1S/C9H8NO4S.CH3.Y/c1-10-15(12,13)7-3-2-6-5-14-9(11)8(6)4-7;;/h2-4H,5H2,1H3;1H3;/q2*-1;. The molecule has 0 aromatic heterocycles. The summed E-state index contributed by atoms with van der Waals surface area (Å²) in [4.78, 5) is 11.2. The first-order chi connectivity index (χ1) is 7.04. The van der Waals surface area contributed by atoms with Crippen LogP contribution in [0.5, 0.6) is 0 Å². The summed E-state index contributed by atoms with van der Waals surface area (Å²) in [6.07, 6.45) is 0. The van der Waals surface area contributed by atoms with E-state index in [4.69, 9.17) is 4.74 Å². The third-order valence-corrected chi connectivity index (χ3v) is 3.53. The average molecular weight is 330 g/mol. The first kappa shape index (κ1) is 16.7. The topological polar surface area (TPSA) is 74.5 Å². The molecule has 7 heteroatoms. The Morgan fingerprint density at radius 3 is 2.59 bits per heavy atom. The summed E-state index contributed by atoms with van der Waals surface area (Å²) in [5, 5.41) is 0. The zero-order valence-corrected chi connectivity index (χ0v) is 13.2. The van der Waals surface area contributed by atoms with Gasteiger partial charge < -0.3 is 16.9 Å². The summed E-state index contributed by atoms with van der Waals surface area (Å²) < 4.78 is 30.8. The molecule has 0 N–H and O–H groups in total. The van der Waals surface area contributed by atoms with Gasteiger partial charge in [0, 0.05) is 43.2 Å². The van der Waals surface area contributed by atoms with Gasteiger partial charge in [0.2, 0.25) is 0 Å². The molecule has 0 fully saturated rings. The predicted octanol–water partition coefficient (Wildman–Crippen LogP) is 1.50. The van der Waals surface area contributed by atoms with Gasteiger partial charge in [0.25, 0.3) is 0 Å². The van der Waals surface area contributed by atoms with Crippen LogP contribution in [0.3, 0.4) is 0 Å². The number of carbonyl (C=O) groups is 1. The van der Waals surface area contributed by atoms with Crippen molar-refractivity contribution in [3.8, 4) is 0 Å². The molecule has 0 spiro atoms. The second kappa shape index (κ2) is 6.04. The van der Waals surface area contributed by atoms with Crippen LogP contribution < -0.4 is 0 Å². The zero-order chi connectivity index (χ0) is 11.1. The molecule has 0 bridgehead atoms. The molecule has 5 nitrogen and oxygen atoms in total. The first-order valence-corrected chi connectivity index (χ1v) is 5.65. The van der Waals surface area contributed by atoms with Crippen molar-refractivity contribution in [1.82, 2.24) is 0 Å². The maximum Gasteiger partial charge on any atom is 0.338 e. The van der Waals surface area contributed by atoms with Crippen molar-refractivity contribution >= 4 is 16.0 Å². The van der Waals surface area contributed by atoms with Crippen molar-refractivity contribution in [2.45, 2.75) is 11.5 Å². The Hall–Kier alpha value is -0.296. The summed E-state index contributed by atoms with van der Waals surface area (Å²) >= 11 is 0. The molecule has 0 aliphatic carbocycles.